The second-order valence-electron chi connectivity index (χ2n) is 6.33. The molecule has 1 aromatic carbocycles. The Kier molecular flexibility index (Phi) is 7.61. The zero-order valence-corrected chi connectivity index (χ0v) is 16.6. The summed E-state index contributed by atoms with van der Waals surface area (Å²) in [6.45, 7) is 4.41. The fourth-order valence-electron chi connectivity index (χ4n) is 2.64. The van der Waals surface area contributed by atoms with Crippen LogP contribution in [0.1, 0.15) is 19.2 Å². The minimum atomic E-state index is -3.56. The van der Waals surface area contributed by atoms with Crippen LogP contribution in [0.5, 0.6) is 5.75 Å². The fourth-order valence-corrected chi connectivity index (χ4v) is 3.66. The Bertz CT molecular complexity index is 763. The third-order valence-corrected chi connectivity index (χ3v) is 5.45. The van der Waals surface area contributed by atoms with E-state index in [2.05, 4.69) is 9.55 Å². The Hall–Kier alpha value is -1.44. The number of rotatable bonds is 11. The molecule has 8 nitrogen and oxygen atoms in total. The van der Waals surface area contributed by atoms with Crippen LogP contribution in [0.4, 0.5) is 0 Å². The third kappa shape index (κ3) is 5.79. The second kappa shape index (κ2) is 9.48. The Morgan fingerprint density at radius 2 is 2.12 bits per heavy atom. The quantitative estimate of drug-likeness (QED) is 0.451. The summed E-state index contributed by atoms with van der Waals surface area (Å²) in [5.41, 5.74) is 7.60. The molecule has 1 atom stereocenters. The average Bonchev–Trinajstić information content (AvgIpc) is 2.95. The van der Waals surface area contributed by atoms with Gasteiger partial charge in [0.2, 0.25) is 0 Å². The van der Waals surface area contributed by atoms with Crippen molar-refractivity contribution < 1.29 is 18.7 Å². The van der Waals surface area contributed by atoms with Crippen molar-refractivity contribution in [1.82, 2.24) is 14.5 Å². The first-order chi connectivity index (χ1) is 12.4. The van der Waals surface area contributed by atoms with Crippen LogP contribution >= 0.6 is 7.60 Å². The van der Waals surface area contributed by atoms with E-state index < -0.39 is 7.60 Å². The summed E-state index contributed by atoms with van der Waals surface area (Å²) in [4.78, 5) is 16.2. The summed E-state index contributed by atoms with van der Waals surface area (Å²) in [6.07, 6.45) is 0.516. The first kappa shape index (κ1) is 20.9. The van der Waals surface area contributed by atoms with E-state index in [0.29, 0.717) is 31.9 Å². The SMILES string of the molecule is CCn1c(CN)nc2ccc(OCCCP(=O)(O)OCCN(C)C)cc21. The van der Waals surface area contributed by atoms with E-state index in [4.69, 9.17) is 15.0 Å². The van der Waals surface area contributed by atoms with Crippen LogP contribution in [0, 0.1) is 0 Å². The molecule has 0 aliphatic rings. The van der Waals surface area contributed by atoms with Gasteiger partial charge in [-0.05, 0) is 39.6 Å². The van der Waals surface area contributed by atoms with Crippen LogP contribution in [0.2, 0.25) is 0 Å². The summed E-state index contributed by atoms with van der Waals surface area (Å²) in [7, 11) is 0.215. The van der Waals surface area contributed by atoms with Gasteiger partial charge in [-0.2, -0.15) is 0 Å². The normalized spacial score (nSPS) is 14.1. The predicted molar refractivity (Wildman–Crippen MR) is 103 cm³/mol. The maximum absolute atomic E-state index is 11.9. The number of fused-ring (bicyclic) bond motifs is 1. The van der Waals surface area contributed by atoms with Gasteiger partial charge < -0.3 is 29.4 Å². The van der Waals surface area contributed by atoms with E-state index in [1.165, 1.54) is 0 Å². The van der Waals surface area contributed by atoms with E-state index in [1.54, 1.807) is 0 Å². The summed E-state index contributed by atoms with van der Waals surface area (Å²) in [6, 6.07) is 5.68. The lowest BCUT2D eigenvalue weighted by Crippen LogP contribution is -2.17. The maximum atomic E-state index is 11.9. The Morgan fingerprint density at radius 3 is 2.77 bits per heavy atom. The van der Waals surface area contributed by atoms with Crippen LogP contribution < -0.4 is 10.5 Å². The molecule has 3 N–H and O–H groups in total. The van der Waals surface area contributed by atoms with Crippen LogP contribution in [0.25, 0.3) is 11.0 Å². The smallest absolute Gasteiger partial charge is 0.328 e. The number of hydrogen-bond acceptors (Lipinski definition) is 6. The van der Waals surface area contributed by atoms with E-state index in [0.717, 1.165) is 23.4 Å². The Morgan fingerprint density at radius 1 is 1.35 bits per heavy atom. The summed E-state index contributed by atoms with van der Waals surface area (Å²) >= 11 is 0. The van der Waals surface area contributed by atoms with Gasteiger partial charge >= 0.3 is 7.60 Å². The molecular formula is C17H29N4O4P. The van der Waals surface area contributed by atoms with Gasteiger partial charge in [0.05, 0.1) is 37.0 Å². The highest BCUT2D eigenvalue weighted by Crippen LogP contribution is 2.42. The molecule has 2 aromatic rings. The molecule has 0 spiro atoms. The lowest BCUT2D eigenvalue weighted by atomic mass is 10.3. The van der Waals surface area contributed by atoms with Crippen LogP contribution in [0.3, 0.4) is 0 Å². The summed E-state index contributed by atoms with van der Waals surface area (Å²) in [5, 5.41) is 0. The molecule has 1 aromatic heterocycles. The minimum absolute atomic E-state index is 0.0763. The van der Waals surface area contributed by atoms with Gasteiger partial charge in [0, 0.05) is 19.2 Å². The molecule has 0 bridgehead atoms. The van der Waals surface area contributed by atoms with Crippen LogP contribution in [0.15, 0.2) is 18.2 Å². The minimum Gasteiger partial charge on any atom is -0.493 e. The molecular weight excluding hydrogens is 355 g/mol. The van der Waals surface area contributed by atoms with Gasteiger partial charge in [-0.25, -0.2) is 4.98 Å². The highest BCUT2D eigenvalue weighted by molar-refractivity contribution is 7.52. The summed E-state index contributed by atoms with van der Waals surface area (Å²) in [5.74, 6) is 1.55. The van der Waals surface area contributed by atoms with Crippen molar-refractivity contribution in [2.45, 2.75) is 26.4 Å². The topological polar surface area (TPSA) is 103 Å². The molecule has 0 saturated carbocycles. The van der Waals surface area contributed by atoms with Crippen molar-refractivity contribution in [3.8, 4) is 5.75 Å². The van der Waals surface area contributed by atoms with Crippen molar-refractivity contribution in [2.24, 2.45) is 5.73 Å². The molecule has 9 heteroatoms. The monoisotopic (exact) mass is 384 g/mol. The first-order valence-corrected chi connectivity index (χ1v) is 10.6. The van der Waals surface area contributed by atoms with Gasteiger partial charge in [-0.1, -0.05) is 0 Å². The van der Waals surface area contributed by atoms with E-state index in [-0.39, 0.29) is 12.8 Å². The number of hydrogen-bond donors (Lipinski definition) is 2. The average molecular weight is 384 g/mol. The van der Waals surface area contributed by atoms with Gasteiger partial charge in [0.25, 0.3) is 0 Å². The Labute approximate surface area is 154 Å². The number of benzene rings is 1. The number of nitrogens with zero attached hydrogens (tertiary/aromatic N) is 3. The van der Waals surface area contributed by atoms with Crippen molar-refractivity contribution >= 4 is 18.6 Å². The van der Waals surface area contributed by atoms with Crippen molar-refractivity contribution in [2.75, 3.05) is 40.0 Å². The molecule has 0 radical (unpaired) electrons. The highest BCUT2D eigenvalue weighted by Gasteiger charge is 2.18. The fraction of sp³-hybridized carbons (Fsp3) is 0.588. The number of nitrogens with two attached hydrogens (primary N) is 1. The largest absolute Gasteiger partial charge is 0.493 e. The van der Waals surface area contributed by atoms with Crippen molar-refractivity contribution in [1.29, 1.82) is 0 Å². The zero-order chi connectivity index (χ0) is 19.2. The molecule has 1 unspecified atom stereocenters. The zero-order valence-electron chi connectivity index (χ0n) is 15.7. The number of likely N-dealkylation sites (N-methyl/N-ethyl adjacent to an activating group) is 1. The number of ether oxygens (including phenoxy) is 1. The second-order valence-corrected chi connectivity index (χ2v) is 8.31. The van der Waals surface area contributed by atoms with E-state index in [1.807, 2.05) is 44.1 Å². The standard InChI is InChI=1S/C17H29N4O4P/c1-4-21-16-12-14(6-7-15(16)19-17(21)13-18)24-9-5-11-26(22,23)25-10-8-20(2)3/h6-7,12H,4-5,8-11,13,18H2,1-3H3,(H,22,23). The summed E-state index contributed by atoms with van der Waals surface area (Å²) < 4.78 is 24.8. The van der Waals surface area contributed by atoms with Crippen LogP contribution in [-0.2, 0) is 22.2 Å². The van der Waals surface area contributed by atoms with Crippen molar-refractivity contribution in [3.63, 3.8) is 0 Å². The molecule has 26 heavy (non-hydrogen) atoms. The molecule has 1 heterocycles. The molecule has 146 valence electrons. The van der Waals surface area contributed by atoms with Crippen LogP contribution in [-0.4, -0.2) is 59.4 Å². The lowest BCUT2D eigenvalue weighted by Gasteiger charge is -2.14. The number of aromatic nitrogens is 2. The van der Waals surface area contributed by atoms with Gasteiger partial charge in [-0.15, -0.1) is 0 Å². The number of imidazole rings is 1. The van der Waals surface area contributed by atoms with Gasteiger partial charge in [-0.3, -0.25) is 4.57 Å². The highest BCUT2D eigenvalue weighted by atomic mass is 31.2. The maximum Gasteiger partial charge on any atom is 0.328 e. The van der Waals surface area contributed by atoms with Gasteiger partial charge in [0.1, 0.15) is 11.6 Å². The molecule has 0 aliphatic carbocycles. The molecule has 0 saturated heterocycles. The molecule has 2 rings (SSSR count). The first-order valence-electron chi connectivity index (χ1n) is 8.79. The third-order valence-electron chi connectivity index (χ3n) is 3.98. The van der Waals surface area contributed by atoms with E-state index >= 15 is 0 Å². The lowest BCUT2D eigenvalue weighted by molar-refractivity contribution is 0.225. The molecule has 0 amide bonds. The molecule has 0 aliphatic heterocycles. The number of aryl methyl sites for hydroxylation is 1. The van der Waals surface area contributed by atoms with E-state index in [9.17, 15) is 9.46 Å². The van der Waals surface area contributed by atoms with Gasteiger partial charge in [0.15, 0.2) is 0 Å². The predicted octanol–water partition coefficient (Wildman–Crippen LogP) is 2.05. The Balaban J connectivity index is 1.87. The van der Waals surface area contributed by atoms with Crippen molar-refractivity contribution in [3.05, 3.63) is 24.0 Å². The molecule has 0 fully saturated rings.